The van der Waals surface area contributed by atoms with E-state index in [2.05, 4.69) is 10.1 Å². The number of fused-ring (bicyclic) bond motifs is 1. The van der Waals surface area contributed by atoms with E-state index < -0.39 is 47.8 Å². The number of ether oxygens (including phenoxy) is 2. The van der Waals surface area contributed by atoms with Crippen LogP contribution in [0.15, 0.2) is 42.5 Å². The molecule has 3 rings (SSSR count). The first-order valence-corrected chi connectivity index (χ1v) is 9.54. The first-order chi connectivity index (χ1) is 15.9. The average Bonchev–Trinajstić information content (AvgIpc) is 2.75. The molecule has 0 unspecified atom stereocenters. The van der Waals surface area contributed by atoms with Gasteiger partial charge in [-0.25, -0.2) is 0 Å². The number of alkyl halides is 3. The number of likely N-dealkylation sites (N-methyl/N-ethyl adjacent to an activating group) is 1. The van der Waals surface area contributed by atoms with Crippen LogP contribution >= 0.6 is 0 Å². The van der Waals surface area contributed by atoms with Crippen LogP contribution in [0.4, 0.5) is 30.2 Å². The van der Waals surface area contributed by atoms with Crippen molar-refractivity contribution in [2.24, 2.45) is 0 Å². The first kappa shape index (κ1) is 24.3. The number of hydrogen-bond acceptors (Lipinski definition) is 7. The van der Waals surface area contributed by atoms with Crippen LogP contribution in [0.1, 0.15) is 0 Å². The van der Waals surface area contributed by atoms with Gasteiger partial charge in [-0.2, -0.15) is 0 Å². The average molecular weight is 482 g/mol. The summed E-state index contributed by atoms with van der Waals surface area (Å²) >= 11 is 0. The lowest BCUT2D eigenvalue weighted by Gasteiger charge is -2.30. The number of hydrogen-bond donors (Lipinski definition) is 1. The molecular weight excluding hydrogens is 465 g/mol. The molecule has 2 aromatic carbocycles. The summed E-state index contributed by atoms with van der Waals surface area (Å²) in [7, 11) is 1.31. The number of anilines is 2. The Morgan fingerprint density at radius 1 is 1.24 bits per heavy atom. The van der Waals surface area contributed by atoms with Crippen molar-refractivity contribution in [2.45, 2.75) is 6.36 Å². The predicted octanol–water partition coefficient (Wildman–Crippen LogP) is 2.32. The van der Waals surface area contributed by atoms with Crippen molar-refractivity contribution in [1.82, 2.24) is 4.90 Å². The molecule has 1 N–H and O–H groups in total. The van der Waals surface area contributed by atoms with Crippen LogP contribution in [0.3, 0.4) is 0 Å². The van der Waals surface area contributed by atoms with Crippen LogP contribution in [-0.4, -0.2) is 60.7 Å². The third-order valence-electron chi connectivity index (χ3n) is 4.57. The predicted molar refractivity (Wildman–Crippen MR) is 110 cm³/mol. The molecule has 2 aromatic rings. The van der Waals surface area contributed by atoms with Crippen LogP contribution in [0.2, 0.25) is 0 Å². The molecule has 0 spiro atoms. The largest absolute Gasteiger partial charge is 0.573 e. The molecule has 14 heteroatoms. The lowest BCUT2D eigenvalue weighted by atomic mass is 10.2. The topological polar surface area (TPSA) is 131 Å². The number of halogens is 3. The summed E-state index contributed by atoms with van der Waals surface area (Å²) in [5, 5.41) is 13.5. The SMILES string of the molecule is CN(CC(=O)Nc1ccc(OC(F)(F)F)cc1)C(=O)CN1C(=O)COc2ccc([N+](=O)[O-])cc21. The van der Waals surface area contributed by atoms with Gasteiger partial charge in [0.2, 0.25) is 11.8 Å². The van der Waals surface area contributed by atoms with E-state index in [1.807, 2.05) is 0 Å². The molecule has 0 saturated carbocycles. The van der Waals surface area contributed by atoms with Gasteiger partial charge in [-0.1, -0.05) is 0 Å². The molecule has 1 aliphatic heterocycles. The second-order valence-electron chi connectivity index (χ2n) is 7.05. The maximum absolute atomic E-state index is 12.6. The molecule has 0 saturated heterocycles. The van der Waals surface area contributed by atoms with E-state index >= 15 is 0 Å². The van der Waals surface area contributed by atoms with E-state index in [-0.39, 0.29) is 29.4 Å². The highest BCUT2D eigenvalue weighted by Crippen LogP contribution is 2.35. The van der Waals surface area contributed by atoms with E-state index in [9.17, 15) is 37.7 Å². The minimum Gasteiger partial charge on any atom is -0.482 e. The van der Waals surface area contributed by atoms with E-state index in [0.717, 1.165) is 28.0 Å². The van der Waals surface area contributed by atoms with Crippen LogP contribution in [0, 0.1) is 10.1 Å². The summed E-state index contributed by atoms with van der Waals surface area (Å²) in [6.07, 6.45) is -4.85. The number of nitrogens with one attached hydrogen (secondary N) is 1. The van der Waals surface area contributed by atoms with Gasteiger partial charge in [0.15, 0.2) is 6.61 Å². The molecule has 1 heterocycles. The maximum atomic E-state index is 12.6. The Balaban J connectivity index is 1.61. The van der Waals surface area contributed by atoms with Gasteiger partial charge in [0.05, 0.1) is 17.2 Å². The van der Waals surface area contributed by atoms with Gasteiger partial charge in [-0.15, -0.1) is 13.2 Å². The summed E-state index contributed by atoms with van der Waals surface area (Å²) in [5.41, 5.74) is -0.0725. The highest BCUT2D eigenvalue weighted by Gasteiger charge is 2.31. The smallest absolute Gasteiger partial charge is 0.482 e. The summed E-state index contributed by atoms with van der Waals surface area (Å²) in [5.74, 6) is -2.16. The van der Waals surface area contributed by atoms with Crippen molar-refractivity contribution in [1.29, 1.82) is 0 Å². The second-order valence-corrected chi connectivity index (χ2v) is 7.05. The zero-order chi connectivity index (χ0) is 25.0. The fourth-order valence-corrected chi connectivity index (χ4v) is 2.98. The molecular formula is C20H17F3N4O7. The summed E-state index contributed by atoms with van der Waals surface area (Å²) in [6, 6.07) is 8.04. The molecule has 0 atom stereocenters. The Kier molecular flexibility index (Phi) is 6.89. The minimum absolute atomic E-state index is 0.0535. The number of carbonyl (C=O) groups excluding carboxylic acids is 3. The van der Waals surface area contributed by atoms with Crippen LogP contribution in [0.5, 0.6) is 11.5 Å². The van der Waals surface area contributed by atoms with Gasteiger partial charge in [-0.3, -0.25) is 29.4 Å². The first-order valence-electron chi connectivity index (χ1n) is 9.54. The number of benzene rings is 2. The Hall–Kier alpha value is -4.36. The van der Waals surface area contributed by atoms with Crippen molar-refractivity contribution >= 4 is 34.8 Å². The van der Waals surface area contributed by atoms with Gasteiger partial charge in [-0.05, 0) is 30.3 Å². The standard InChI is InChI=1S/C20H17F3N4O7/c1-25(9-17(28)24-12-2-5-14(6-3-12)34-20(21,22)23)18(29)10-26-15-8-13(27(31)32)4-7-16(15)33-11-19(26)30/h2-8H,9-11H2,1H3,(H,24,28). The highest BCUT2D eigenvalue weighted by atomic mass is 19.4. The molecule has 0 aliphatic carbocycles. The zero-order valence-corrected chi connectivity index (χ0v) is 17.5. The minimum atomic E-state index is -4.85. The van der Waals surface area contributed by atoms with Gasteiger partial charge >= 0.3 is 6.36 Å². The summed E-state index contributed by atoms with van der Waals surface area (Å²) < 4.78 is 45.6. The highest BCUT2D eigenvalue weighted by molar-refractivity contribution is 6.03. The number of rotatable bonds is 7. The van der Waals surface area contributed by atoms with Crippen LogP contribution < -0.4 is 19.7 Å². The molecule has 0 aromatic heterocycles. The van der Waals surface area contributed by atoms with E-state index in [1.54, 1.807) is 0 Å². The fourth-order valence-electron chi connectivity index (χ4n) is 2.98. The number of non-ortho nitro benzene ring substituents is 1. The second kappa shape index (κ2) is 9.64. The third kappa shape index (κ3) is 6.11. The van der Waals surface area contributed by atoms with Gasteiger partial charge < -0.3 is 19.7 Å². The Bertz CT molecular complexity index is 1120. The lowest BCUT2D eigenvalue weighted by Crippen LogP contribution is -2.46. The maximum Gasteiger partial charge on any atom is 0.573 e. The molecule has 1 aliphatic rings. The molecule has 0 radical (unpaired) electrons. The van der Waals surface area contributed by atoms with Gasteiger partial charge in [0.1, 0.15) is 18.0 Å². The summed E-state index contributed by atoms with van der Waals surface area (Å²) in [6.45, 7) is -1.29. The van der Waals surface area contributed by atoms with Crippen LogP contribution in [-0.2, 0) is 14.4 Å². The van der Waals surface area contributed by atoms with Crippen LogP contribution in [0.25, 0.3) is 0 Å². The van der Waals surface area contributed by atoms with Crippen molar-refractivity contribution in [3.8, 4) is 11.5 Å². The normalized spacial score (nSPS) is 12.9. The fraction of sp³-hybridized carbons (Fsp3) is 0.250. The van der Waals surface area contributed by atoms with Crippen molar-refractivity contribution < 1.29 is 42.0 Å². The molecule has 0 fully saturated rings. The Morgan fingerprint density at radius 3 is 2.53 bits per heavy atom. The number of carbonyl (C=O) groups is 3. The zero-order valence-electron chi connectivity index (χ0n) is 17.5. The number of amides is 3. The Labute approximate surface area is 189 Å². The van der Waals surface area contributed by atoms with E-state index in [1.165, 1.54) is 31.3 Å². The van der Waals surface area contributed by atoms with Gasteiger partial charge in [0.25, 0.3) is 11.6 Å². The Morgan fingerprint density at radius 2 is 1.91 bits per heavy atom. The number of nitro groups is 1. The monoisotopic (exact) mass is 482 g/mol. The van der Waals surface area contributed by atoms with Crippen molar-refractivity contribution in [3.63, 3.8) is 0 Å². The third-order valence-corrected chi connectivity index (χ3v) is 4.57. The number of nitrogens with zero attached hydrogens (tertiary/aromatic N) is 3. The van der Waals surface area contributed by atoms with E-state index in [4.69, 9.17) is 4.74 Å². The van der Waals surface area contributed by atoms with Crippen molar-refractivity contribution in [3.05, 3.63) is 52.6 Å². The molecule has 0 bridgehead atoms. The van der Waals surface area contributed by atoms with Crippen molar-refractivity contribution in [2.75, 3.05) is 37.0 Å². The lowest BCUT2D eigenvalue weighted by molar-refractivity contribution is -0.384. The molecule has 11 nitrogen and oxygen atoms in total. The molecule has 180 valence electrons. The van der Waals surface area contributed by atoms with E-state index in [0.29, 0.717) is 0 Å². The molecule has 34 heavy (non-hydrogen) atoms. The number of nitro benzene ring substituents is 1. The van der Waals surface area contributed by atoms with Gasteiger partial charge in [0, 0.05) is 24.9 Å². The summed E-state index contributed by atoms with van der Waals surface area (Å²) in [4.78, 5) is 49.5. The molecule has 3 amide bonds. The quantitative estimate of drug-likeness (QED) is 0.473.